The zero-order valence-electron chi connectivity index (χ0n) is 11.1. The molecule has 0 spiro atoms. The van der Waals surface area contributed by atoms with E-state index < -0.39 is 4.92 Å². The first-order valence-electron chi connectivity index (χ1n) is 5.88. The van der Waals surface area contributed by atoms with E-state index in [-0.39, 0.29) is 5.69 Å². The van der Waals surface area contributed by atoms with E-state index in [9.17, 15) is 10.1 Å². The Morgan fingerprint density at radius 3 is 2.58 bits per heavy atom. The highest BCUT2D eigenvalue weighted by atomic mass is 32.1. The molecular weight excluding hydrogens is 262 g/mol. The number of pyridine rings is 1. The molecule has 0 aliphatic heterocycles. The number of nitro groups is 1. The lowest BCUT2D eigenvalue weighted by atomic mass is 10.2. The van der Waals surface area contributed by atoms with Crippen LogP contribution >= 0.6 is 11.3 Å². The molecular formula is C13H15N3O2S. The predicted molar refractivity (Wildman–Crippen MR) is 76.7 cm³/mol. The van der Waals surface area contributed by atoms with Crippen LogP contribution in [0.5, 0.6) is 0 Å². The Labute approximate surface area is 115 Å². The van der Waals surface area contributed by atoms with Crippen molar-refractivity contribution in [2.45, 2.75) is 27.3 Å². The lowest BCUT2D eigenvalue weighted by Gasteiger charge is -2.06. The van der Waals surface area contributed by atoms with Gasteiger partial charge in [0.25, 0.3) is 5.69 Å². The number of rotatable bonds is 4. The van der Waals surface area contributed by atoms with E-state index in [2.05, 4.69) is 30.2 Å². The number of nitrogens with one attached hydrogen (secondary N) is 1. The van der Waals surface area contributed by atoms with E-state index in [0.29, 0.717) is 12.4 Å². The van der Waals surface area contributed by atoms with Crippen molar-refractivity contribution >= 4 is 22.8 Å². The standard InChI is InChI=1S/C13H15N3O2S/c1-8-5-12(19-10(8)3)7-15-13-9(2)4-11(6-14-13)16(17)18/h4-6H,7H2,1-3H3,(H,14,15). The Morgan fingerprint density at radius 1 is 1.32 bits per heavy atom. The molecule has 2 rings (SSSR count). The molecule has 5 nitrogen and oxygen atoms in total. The fraction of sp³-hybridized carbons (Fsp3) is 0.308. The lowest BCUT2D eigenvalue weighted by Crippen LogP contribution is -2.02. The van der Waals surface area contributed by atoms with Crippen molar-refractivity contribution in [2.24, 2.45) is 0 Å². The molecule has 0 bridgehead atoms. The van der Waals surface area contributed by atoms with Crippen LogP contribution in [-0.2, 0) is 6.54 Å². The molecule has 2 heterocycles. The minimum atomic E-state index is -0.435. The number of anilines is 1. The van der Waals surface area contributed by atoms with E-state index >= 15 is 0 Å². The van der Waals surface area contributed by atoms with Crippen molar-refractivity contribution in [2.75, 3.05) is 5.32 Å². The number of aryl methyl sites for hydroxylation is 3. The van der Waals surface area contributed by atoms with Gasteiger partial charge < -0.3 is 5.32 Å². The Hall–Kier alpha value is -1.95. The third-order valence-electron chi connectivity index (χ3n) is 2.92. The molecule has 0 amide bonds. The van der Waals surface area contributed by atoms with Crippen LogP contribution in [-0.4, -0.2) is 9.91 Å². The van der Waals surface area contributed by atoms with E-state index in [1.54, 1.807) is 11.3 Å². The van der Waals surface area contributed by atoms with Crippen LogP contribution in [0.2, 0.25) is 0 Å². The molecule has 0 saturated heterocycles. The number of nitrogens with zero attached hydrogens (tertiary/aromatic N) is 2. The highest BCUT2D eigenvalue weighted by Crippen LogP contribution is 2.23. The number of hydrogen-bond acceptors (Lipinski definition) is 5. The van der Waals surface area contributed by atoms with Crippen LogP contribution in [0.3, 0.4) is 0 Å². The van der Waals surface area contributed by atoms with Crippen molar-refractivity contribution in [3.05, 3.63) is 49.3 Å². The SMILES string of the molecule is Cc1cc([N+](=O)[O-])cnc1NCc1cc(C)c(C)s1. The van der Waals surface area contributed by atoms with Crippen molar-refractivity contribution < 1.29 is 4.92 Å². The van der Waals surface area contributed by atoms with Crippen LogP contribution in [0.4, 0.5) is 11.5 Å². The summed E-state index contributed by atoms with van der Waals surface area (Å²) >= 11 is 1.75. The second-order valence-electron chi connectivity index (χ2n) is 4.42. The van der Waals surface area contributed by atoms with E-state index in [0.717, 1.165) is 5.56 Å². The third kappa shape index (κ3) is 3.08. The zero-order chi connectivity index (χ0) is 14.0. The molecule has 2 aromatic rings. The average molecular weight is 277 g/mol. The highest BCUT2D eigenvalue weighted by molar-refractivity contribution is 7.12. The summed E-state index contributed by atoms with van der Waals surface area (Å²) in [6, 6.07) is 3.67. The first kappa shape index (κ1) is 13.5. The third-order valence-corrected chi connectivity index (χ3v) is 4.07. The van der Waals surface area contributed by atoms with E-state index in [4.69, 9.17) is 0 Å². The fourth-order valence-electron chi connectivity index (χ4n) is 1.75. The topological polar surface area (TPSA) is 68.1 Å². The van der Waals surface area contributed by atoms with Crippen molar-refractivity contribution in [1.29, 1.82) is 0 Å². The molecule has 19 heavy (non-hydrogen) atoms. The fourth-order valence-corrected chi connectivity index (χ4v) is 2.75. The van der Waals surface area contributed by atoms with Gasteiger partial charge in [-0.2, -0.15) is 0 Å². The van der Waals surface area contributed by atoms with Gasteiger partial charge in [-0.15, -0.1) is 11.3 Å². The van der Waals surface area contributed by atoms with Crippen LogP contribution in [0.25, 0.3) is 0 Å². The predicted octanol–water partition coefficient (Wildman–Crippen LogP) is 3.59. The summed E-state index contributed by atoms with van der Waals surface area (Å²) in [5.41, 5.74) is 2.08. The second kappa shape index (κ2) is 5.36. The van der Waals surface area contributed by atoms with Crippen LogP contribution < -0.4 is 5.32 Å². The summed E-state index contributed by atoms with van der Waals surface area (Å²) in [7, 11) is 0. The quantitative estimate of drug-likeness (QED) is 0.685. The van der Waals surface area contributed by atoms with Crippen LogP contribution in [0.15, 0.2) is 18.3 Å². The number of hydrogen-bond donors (Lipinski definition) is 1. The molecule has 0 radical (unpaired) electrons. The Balaban J connectivity index is 2.09. The number of thiophene rings is 1. The summed E-state index contributed by atoms with van der Waals surface area (Å²) in [4.78, 5) is 16.8. The summed E-state index contributed by atoms with van der Waals surface area (Å²) in [6.07, 6.45) is 1.28. The van der Waals surface area contributed by atoms with Gasteiger partial charge in [-0.3, -0.25) is 10.1 Å². The monoisotopic (exact) mass is 277 g/mol. The van der Waals surface area contributed by atoms with Gasteiger partial charge in [0.05, 0.1) is 11.5 Å². The van der Waals surface area contributed by atoms with Gasteiger partial charge in [0.15, 0.2) is 0 Å². The minimum absolute atomic E-state index is 0.0193. The molecule has 0 atom stereocenters. The normalized spacial score (nSPS) is 10.5. The summed E-state index contributed by atoms with van der Waals surface area (Å²) in [6.45, 7) is 6.68. The maximum atomic E-state index is 10.6. The summed E-state index contributed by atoms with van der Waals surface area (Å²) < 4.78 is 0. The van der Waals surface area contributed by atoms with Gasteiger partial charge in [0, 0.05) is 15.8 Å². The molecule has 0 aromatic carbocycles. The summed E-state index contributed by atoms with van der Waals surface area (Å²) in [5.74, 6) is 0.689. The molecule has 0 fully saturated rings. The van der Waals surface area contributed by atoms with Crippen LogP contribution in [0, 0.1) is 30.9 Å². The molecule has 0 unspecified atom stereocenters. The summed E-state index contributed by atoms with van der Waals surface area (Å²) in [5, 5.41) is 13.8. The van der Waals surface area contributed by atoms with E-state index in [1.165, 1.54) is 27.6 Å². The van der Waals surface area contributed by atoms with Crippen molar-refractivity contribution in [1.82, 2.24) is 4.98 Å². The minimum Gasteiger partial charge on any atom is -0.365 e. The van der Waals surface area contributed by atoms with Gasteiger partial charge in [0.1, 0.15) is 12.0 Å². The molecule has 1 N–H and O–H groups in total. The first-order chi connectivity index (χ1) is 8.97. The highest BCUT2D eigenvalue weighted by Gasteiger charge is 2.09. The Morgan fingerprint density at radius 2 is 2.05 bits per heavy atom. The molecule has 100 valence electrons. The first-order valence-corrected chi connectivity index (χ1v) is 6.70. The smallest absolute Gasteiger partial charge is 0.287 e. The second-order valence-corrected chi connectivity index (χ2v) is 5.76. The van der Waals surface area contributed by atoms with Gasteiger partial charge in [-0.05, 0) is 38.0 Å². The Kier molecular flexibility index (Phi) is 3.80. The molecule has 2 aromatic heterocycles. The molecule has 0 aliphatic carbocycles. The van der Waals surface area contributed by atoms with Gasteiger partial charge in [-0.1, -0.05) is 0 Å². The molecule has 0 saturated carbocycles. The Bertz CT molecular complexity index is 603. The maximum Gasteiger partial charge on any atom is 0.287 e. The zero-order valence-corrected chi connectivity index (χ0v) is 11.9. The lowest BCUT2D eigenvalue weighted by molar-refractivity contribution is -0.385. The average Bonchev–Trinajstić information content (AvgIpc) is 2.67. The number of aromatic nitrogens is 1. The molecule has 6 heteroatoms. The van der Waals surface area contributed by atoms with Gasteiger partial charge in [0.2, 0.25) is 0 Å². The van der Waals surface area contributed by atoms with Gasteiger partial charge in [-0.25, -0.2) is 4.98 Å². The van der Waals surface area contributed by atoms with Crippen molar-refractivity contribution in [3.63, 3.8) is 0 Å². The van der Waals surface area contributed by atoms with Gasteiger partial charge >= 0.3 is 0 Å². The largest absolute Gasteiger partial charge is 0.365 e. The van der Waals surface area contributed by atoms with Crippen LogP contribution in [0.1, 0.15) is 20.9 Å². The van der Waals surface area contributed by atoms with E-state index in [1.807, 2.05) is 6.92 Å². The molecule has 0 aliphatic rings. The maximum absolute atomic E-state index is 10.6. The van der Waals surface area contributed by atoms with Crippen molar-refractivity contribution in [3.8, 4) is 0 Å².